The van der Waals surface area contributed by atoms with Crippen LogP contribution < -0.4 is 10.1 Å². The van der Waals surface area contributed by atoms with E-state index in [2.05, 4.69) is 5.32 Å². The Labute approximate surface area is 115 Å². The van der Waals surface area contributed by atoms with Crippen molar-refractivity contribution >= 4 is 17.3 Å². The summed E-state index contributed by atoms with van der Waals surface area (Å²) in [6, 6.07) is 8.39. The molecule has 100 valence electrons. The van der Waals surface area contributed by atoms with Gasteiger partial charge in [0, 0.05) is 17.1 Å². The minimum Gasteiger partial charge on any atom is -0.496 e. The fourth-order valence-electron chi connectivity index (χ4n) is 1.71. The molecule has 0 radical (unpaired) electrons. The molecule has 0 aliphatic heterocycles. The third-order valence-corrected chi connectivity index (χ3v) is 2.88. The van der Waals surface area contributed by atoms with Crippen LogP contribution in [0, 0.1) is 11.6 Å². The Hall–Kier alpha value is -1.81. The third kappa shape index (κ3) is 3.35. The number of hydrogen-bond donors (Lipinski definition) is 1. The molecule has 0 amide bonds. The fraction of sp³-hybridized carbons (Fsp3) is 0.143. The van der Waals surface area contributed by atoms with Crippen molar-refractivity contribution in [2.24, 2.45) is 0 Å². The average molecular weight is 284 g/mol. The van der Waals surface area contributed by atoms with Crippen molar-refractivity contribution in [2.45, 2.75) is 6.54 Å². The number of nitrogens with one attached hydrogen (secondary N) is 1. The molecule has 5 heteroatoms. The quantitative estimate of drug-likeness (QED) is 0.906. The van der Waals surface area contributed by atoms with Crippen LogP contribution in [0.5, 0.6) is 5.75 Å². The predicted octanol–water partition coefficient (Wildman–Crippen LogP) is 4.24. The third-order valence-electron chi connectivity index (χ3n) is 2.64. The Bertz CT molecular complexity index is 590. The van der Waals surface area contributed by atoms with Crippen molar-refractivity contribution in [3.63, 3.8) is 0 Å². The molecule has 0 heterocycles. The maximum absolute atomic E-state index is 13.4. The Kier molecular flexibility index (Phi) is 4.22. The summed E-state index contributed by atoms with van der Waals surface area (Å²) in [5.41, 5.74) is 0.862. The first-order valence-electron chi connectivity index (χ1n) is 5.61. The first-order valence-corrected chi connectivity index (χ1v) is 5.99. The van der Waals surface area contributed by atoms with Gasteiger partial charge in [-0.15, -0.1) is 0 Å². The smallest absolute Gasteiger partial charge is 0.146 e. The van der Waals surface area contributed by atoms with E-state index in [4.69, 9.17) is 16.3 Å². The predicted molar refractivity (Wildman–Crippen MR) is 71.7 cm³/mol. The van der Waals surface area contributed by atoms with Crippen LogP contribution >= 0.6 is 11.6 Å². The van der Waals surface area contributed by atoms with E-state index in [0.717, 1.165) is 23.8 Å². The van der Waals surface area contributed by atoms with Gasteiger partial charge in [-0.3, -0.25) is 0 Å². The van der Waals surface area contributed by atoms with Crippen LogP contribution in [0.15, 0.2) is 36.4 Å². The van der Waals surface area contributed by atoms with Gasteiger partial charge in [0.05, 0.1) is 12.8 Å². The fourth-order valence-corrected chi connectivity index (χ4v) is 1.90. The minimum absolute atomic E-state index is 0.0991. The Morgan fingerprint density at radius 1 is 1.16 bits per heavy atom. The van der Waals surface area contributed by atoms with Crippen LogP contribution in [0.1, 0.15) is 5.56 Å². The number of rotatable bonds is 4. The molecule has 0 fully saturated rings. The lowest BCUT2D eigenvalue weighted by atomic mass is 10.2. The van der Waals surface area contributed by atoms with Crippen molar-refractivity contribution < 1.29 is 13.5 Å². The van der Waals surface area contributed by atoms with Gasteiger partial charge in [-0.25, -0.2) is 8.78 Å². The lowest BCUT2D eigenvalue weighted by Gasteiger charge is -2.11. The topological polar surface area (TPSA) is 21.3 Å². The van der Waals surface area contributed by atoms with Gasteiger partial charge in [0.1, 0.15) is 17.4 Å². The number of anilines is 1. The molecule has 0 unspecified atom stereocenters. The van der Waals surface area contributed by atoms with Crippen LogP contribution in [0.3, 0.4) is 0 Å². The van der Waals surface area contributed by atoms with E-state index >= 15 is 0 Å². The molecule has 2 rings (SSSR count). The minimum atomic E-state index is -0.512. The number of halogens is 3. The van der Waals surface area contributed by atoms with Gasteiger partial charge >= 0.3 is 0 Å². The van der Waals surface area contributed by atoms with Crippen LogP contribution in [0.4, 0.5) is 14.5 Å². The Balaban J connectivity index is 2.18. The maximum atomic E-state index is 13.4. The van der Waals surface area contributed by atoms with E-state index in [0.29, 0.717) is 10.8 Å². The summed E-state index contributed by atoms with van der Waals surface area (Å²) in [6.45, 7) is 0.282. The lowest BCUT2D eigenvalue weighted by molar-refractivity contribution is 0.410. The van der Waals surface area contributed by atoms with Crippen molar-refractivity contribution in [3.05, 3.63) is 58.6 Å². The number of ether oxygens (including phenoxy) is 1. The molecule has 0 aromatic heterocycles. The Morgan fingerprint density at radius 3 is 2.68 bits per heavy atom. The Morgan fingerprint density at radius 2 is 1.95 bits per heavy atom. The summed E-state index contributed by atoms with van der Waals surface area (Å²) in [5, 5.41) is 3.37. The highest BCUT2D eigenvalue weighted by molar-refractivity contribution is 6.30. The molecule has 0 saturated carbocycles. The highest BCUT2D eigenvalue weighted by atomic mass is 35.5. The van der Waals surface area contributed by atoms with Crippen LogP contribution in [-0.2, 0) is 6.54 Å². The molecule has 0 spiro atoms. The molecule has 0 aliphatic carbocycles. The zero-order valence-electron chi connectivity index (χ0n) is 10.2. The number of hydrogen-bond acceptors (Lipinski definition) is 2. The second kappa shape index (κ2) is 5.89. The van der Waals surface area contributed by atoms with E-state index < -0.39 is 11.6 Å². The van der Waals surface area contributed by atoms with Gasteiger partial charge in [-0.1, -0.05) is 11.6 Å². The van der Waals surface area contributed by atoms with E-state index in [9.17, 15) is 8.78 Å². The van der Waals surface area contributed by atoms with E-state index in [1.165, 1.54) is 7.11 Å². The van der Waals surface area contributed by atoms with Gasteiger partial charge in [-0.2, -0.15) is 0 Å². The first-order chi connectivity index (χ1) is 9.10. The van der Waals surface area contributed by atoms with Gasteiger partial charge < -0.3 is 10.1 Å². The zero-order chi connectivity index (χ0) is 13.8. The number of benzene rings is 2. The SMILES string of the molecule is COc1ccc(Cl)cc1CNc1cc(F)ccc1F. The van der Waals surface area contributed by atoms with E-state index in [1.807, 2.05) is 0 Å². The second-order valence-corrected chi connectivity index (χ2v) is 4.37. The number of methoxy groups -OCH3 is 1. The second-order valence-electron chi connectivity index (χ2n) is 3.93. The molecule has 2 aromatic rings. The molecule has 19 heavy (non-hydrogen) atoms. The van der Waals surface area contributed by atoms with Crippen LogP contribution in [0.2, 0.25) is 5.02 Å². The molecule has 0 atom stereocenters. The standard InChI is InChI=1S/C14H12ClF2NO/c1-19-14-5-2-10(15)6-9(14)8-18-13-7-11(16)3-4-12(13)17/h2-7,18H,8H2,1H3. The van der Waals surface area contributed by atoms with Gasteiger partial charge in [0.25, 0.3) is 0 Å². The monoisotopic (exact) mass is 283 g/mol. The van der Waals surface area contributed by atoms with E-state index in [1.54, 1.807) is 18.2 Å². The molecule has 1 N–H and O–H groups in total. The average Bonchev–Trinajstić information content (AvgIpc) is 2.40. The highest BCUT2D eigenvalue weighted by Crippen LogP contribution is 2.24. The lowest BCUT2D eigenvalue weighted by Crippen LogP contribution is -2.03. The zero-order valence-corrected chi connectivity index (χ0v) is 11.0. The van der Waals surface area contributed by atoms with Crippen molar-refractivity contribution in [1.82, 2.24) is 0 Å². The largest absolute Gasteiger partial charge is 0.496 e. The summed E-state index contributed by atoms with van der Waals surface area (Å²) in [7, 11) is 1.54. The molecule has 0 saturated heterocycles. The normalized spacial score (nSPS) is 10.3. The van der Waals surface area contributed by atoms with Crippen molar-refractivity contribution in [3.8, 4) is 5.75 Å². The molecule has 2 aromatic carbocycles. The molecular weight excluding hydrogens is 272 g/mol. The summed E-state index contributed by atoms with van der Waals surface area (Å²) < 4.78 is 31.7. The van der Waals surface area contributed by atoms with Gasteiger partial charge in [0.15, 0.2) is 0 Å². The maximum Gasteiger partial charge on any atom is 0.146 e. The summed E-state index contributed by atoms with van der Waals surface area (Å²) in [6.07, 6.45) is 0. The van der Waals surface area contributed by atoms with E-state index in [-0.39, 0.29) is 12.2 Å². The van der Waals surface area contributed by atoms with Crippen LogP contribution in [0.25, 0.3) is 0 Å². The van der Waals surface area contributed by atoms with Crippen molar-refractivity contribution in [1.29, 1.82) is 0 Å². The molecule has 2 nitrogen and oxygen atoms in total. The van der Waals surface area contributed by atoms with Gasteiger partial charge in [-0.05, 0) is 36.4 Å². The summed E-state index contributed by atoms with van der Waals surface area (Å²) in [5.74, 6) is -0.377. The summed E-state index contributed by atoms with van der Waals surface area (Å²) >= 11 is 5.89. The molecule has 0 aliphatic rings. The van der Waals surface area contributed by atoms with Crippen molar-refractivity contribution in [2.75, 3.05) is 12.4 Å². The molecule has 0 bridgehead atoms. The first kappa shape index (κ1) is 13.6. The highest BCUT2D eigenvalue weighted by Gasteiger charge is 2.07. The summed E-state index contributed by atoms with van der Waals surface area (Å²) in [4.78, 5) is 0. The molecular formula is C14H12ClF2NO. The van der Waals surface area contributed by atoms with Crippen LogP contribution in [-0.4, -0.2) is 7.11 Å². The van der Waals surface area contributed by atoms with Gasteiger partial charge in [0.2, 0.25) is 0 Å².